The standard InChI is InChI=1S/C12H15N3S/c1-15(2)9-6-12(16-7-9)10-5-8(13)3-4-11(10)14/h3-7H,13-14H2,1-2H3. The van der Waals surface area contributed by atoms with Gasteiger partial charge < -0.3 is 16.4 Å². The minimum Gasteiger partial charge on any atom is -0.399 e. The molecule has 0 unspecified atom stereocenters. The minimum absolute atomic E-state index is 0.740. The zero-order valence-corrected chi connectivity index (χ0v) is 10.2. The largest absolute Gasteiger partial charge is 0.399 e. The lowest BCUT2D eigenvalue weighted by atomic mass is 10.1. The van der Waals surface area contributed by atoms with E-state index in [1.807, 2.05) is 32.3 Å². The zero-order chi connectivity index (χ0) is 11.7. The fourth-order valence-electron chi connectivity index (χ4n) is 1.49. The Morgan fingerprint density at radius 2 is 1.88 bits per heavy atom. The van der Waals surface area contributed by atoms with Crippen LogP contribution in [0.5, 0.6) is 0 Å². The highest BCUT2D eigenvalue weighted by molar-refractivity contribution is 7.14. The van der Waals surface area contributed by atoms with Crippen molar-refractivity contribution in [1.82, 2.24) is 0 Å². The molecule has 0 fully saturated rings. The highest BCUT2D eigenvalue weighted by Crippen LogP contribution is 2.35. The van der Waals surface area contributed by atoms with Gasteiger partial charge in [0.15, 0.2) is 0 Å². The fraction of sp³-hybridized carbons (Fsp3) is 0.167. The van der Waals surface area contributed by atoms with E-state index in [4.69, 9.17) is 11.5 Å². The van der Waals surface area contributed by atoms with Crippen LogP contribution in [0.2, 0.25) is 0 Å². The summed E-state index contributed by atoms with van der Waals surface area (Å²) >= 11 is 1.68. The number of benzene rings is 1. The Bertz CT molecular complexity index is 503. The van der Waals surface area contributed by atoms with Crippen LogP contribution in [0.3, 0.4) is 0 Å². The molecular weight excluding hydrogens is 218 g/mol. The average molecular weight is 233 g/mol. The molecule has 0 aliphatic rings. The van der Waals surface area contributed by atoms with Crippen LogP contribution in [0.1, 0.15) is 0 Å². The molecule has 0 radical (unpaired) electrons. The third-order valence-electron chi connectivity index (χ3n) is 2.44. The first-order chi connectivity index (χ1) is 7.58. The third kappa shape index (κ3) is 1.97. The molecule has 0 aliphatic heterocycles. The number of nitrogens with zero attached hydrogens (tertiary/aromatic N) is 1. The van der Waals surface area contributed by atoms with Crippen molar-refractivity contribution in [3.05, 3.63) is 29.6 Å². The first-order valence-electron chi connectivity index (χ1n) is 4.99. The molecule has 0 bridgehead atoms. The van der Waals surface area contributed by atoms with Crippen LogP contribution in [-0.4, -0.2) is 14.1 Å². The molecule has 4 heteroatoms. The van der Waals surface area contributed by atoms with E-state index in [0.717, 1.165) is 21.8 Å². The Morgan fingerprint density at radius 1 is 1.12 bits per heavy atom. The van der Waals surface area contributed by atoms with Gasteiger partial charge >= 0.3 is 0 Å². The maximum Gasteiger partial charge on any atom is 0.0476 e. The van der Waals surface area contributed by atoms with E-state index in [1.165, 1.54) is 5.69 Å². The van der Waals surface area contributed by atoms with E-state index in [-0.39, 0.29) is 0 Å². The highest BCUT2D eigenvalue weighted by Gasteiger charge is 2.07. The number of rotatable bonds is 2. The van der Waals surface area contributed by atoms with Crippen molar-refractivity contribution in [1.29, 1.82) is 0 Å². The molecule has 0 saturated carbocycles. The topological polar surface area (TPSA) is 55.3 Å². The van der Waals surface area contributed by atoms with Gasteiger partial charge in [0, 0.05) is 47.0 Å². The maximum absolute atomic E-state index is 5.94. The molecule has 3 nitrogen and oxygen atoms in total. The van der Waals surface area contributed by atoms with Crippen LogP contribution < -0.4 is 16.4 Å². The quantitative estimate of drug-likeness (QED) is 0.784. The molecule has 0 aliphatic carbocycles. The lowest BCUT2D eigenvalue weighted by molar-refractivity contribution is 1.14. The smallest absolute Gasteiger partial charge is 0.0476 e. The Hall–Kier alpha value is -1.68. The Balaban J connectivity index is 2.46. The van der Waals surface area contributed by atoms with Gasteiger partial charge in [0.05, 0.1) is 0 Å². The Morgan fingerprint density at radius 3 is 2.50 bits per heavy atom. The molecule has 16 heavy (non-hydrogen) atoms. The molecule has 1 aromatic carbocycles. The first kappa shape index (κ1) is 10.8. The summed E-state index contributed by atoms with van der Waals surface area (Å²) < 4.78 is 0. The van der Waals surface area contributed by atoms with Crippen LogP contribution in [0.4, 0.5) is 17.1 Å². The van der Waals surface area contributed by atoms with E-state index in [9.17, 15) is 0 Å². The van der Waals surface area contributed by atoms with Crippen molar-refractivity contribution in [2.75, 3.05) is 30.5 Å². The second-order valence-electron chi connectivity index (χ2n) is 3.91. The first-order valence-corrected chi connectivity index (χ1v) is 5.87. The van der Waals surface area contributed by atoms with Gasteiger partial charge in [-0.1, -0.05) is 0 Å². The monoisotopic (exact) mass is 233 g/mol. The van der Waals surface area contributed by atoms with Crippen molar-refractivity contribution in [2.45, 2.75) is 0 Å². The van der Waals surface area contributed by atoms with Gasteiger partial charge in [0.25, 0.3) is 0 Å². The second-order valence-corrected chi connectivity index (χ2v) is 4.82. The van der Waals surface area contributed by atoms with E-state index in [0.29, 0.717) is 0 Å². The lowest BCUT2D eigenvalue weighted by Gasteiger charge is -2.08. The fourth-order valence-corrected chi connectivity index (χ4v) is 2.51. The number of nitrogen functional groups attached to an aromatic ring is 2. The number of hydrogen-bond acceptors (Lipinski definition) is 4. The van der Waals surface area contributed by atoms with E-state index < -0.39 is 0 Å². The second kappa shape index (κ2) is 4.06. The molecule has 0 amide bonds. The summed E-state index contributed by atoms with van der Waals surface area (Å²) in [5.41, 5.74) is 15.4. The predicted octanol–water partition coefficient (Wildman–Crippen LogP) is 2.65. The Kier molecular flexibility index (Phi) is 2.75. The van der Waals surface area contributed by atoms with Gasteiger partial charge in [-0.25, -0.2) is 0 Å². The summed E-state index contributed by atoms with van der Waals surface area (Å²) in [5, 5.41) is 2.11. The van der Waals surface area contributed by atoms with Crippen molar-refractivity contribution < 1.29 is 0 Å². The number of thiophene rings is 1. The van der Waals surface area contributed by atoms with Gasteiger partial charge in [-0.3, -0.25) is 0 Å². The summed E-state index contributed by atoms with van der Waals surface area (Å²) in [6.45, 7) is 0. The van der Waals surface area contributed by atoms with Crippen LogP contribution in [0.25, 0.3) is 10.4 Å². The summed E-state index contributed by atoms with van der Waals surface area (Å²) in [6.07, 6.45) is 0. The molecule has 4 N–H and O–H groups in total. The lowest BCUT2D eigenvalue weighted by Crippen LogP contribution is -2.06. The number of hydrogen-bond donors (Lipinski definition) is 2. The van der Waals surface area contributed by atoms with Crippen LogP contribution >= 0.6 is 11.3 Å². The van der Waals surface area contributed by atoms with Crippen LogP contribution in [-0.2, 0) is 0 Å². The minimum atomic E-state index is 0.740. The number of anilines is 3. The molecule has 1 heterocycles. The van der Waals surface area contributed by atoms with Gasteiger partial charge in [-0.15, -0.1) is 11.3 Å². The molecule has 0 spiro atoms. The highest BCUT2D eigenvalue weighted by atomic mass is 32.1. The van der Waals surface area contributed by atoms with E-state index in [1.54, 1.807) is 11.3 Å². The van der Waals surface area contributed by atoms with Gasteiger partial charge in [-0.05, 0) is 24.3 Å². The SMILES string of the molecule is CN(C)c1csc(-c2cc(N)ccc2N)c1. The predicted molar refractivity (Wildman–Crippen MR) is 72.9 cm³/mol. The van der Waals surface area contributed by atoms with Crippen LogP contribution in [0.15, 0.2) is 29.6 Å². The number of nitrogens with two attached hydrogens (primary N) is 2. The molecule has 2 rings (SSSR count). The average Bonchev–Trinajstić information content (AvgIpc) is 2.70. The van der Waals surface area contributed by atoms with Gasteiger partial charge in [0.1, 0.15) is 0 Å². The normalized spacial score (nSPS) is 10.4. The zero-order valence-electron chi connectivity index (χ0n) is 9.40. The summed E-state index contributed by atoms with van der Waals surface area (Å²) in [5.74, 6) is 0. The molecular formula is C12H15N3S. The van der Waals surface area contributed by atoms with Crippen molar-refractivity contribution in [2.24, 2.45) is 0 Å². The molecule has 84 valence electrons. The summed E-state index contributed by atoms with van der Waals surface area (Å²) in [6, 6.07) is 7.70. The molecule has 2 aromatic rings. The Labute approximate surface area is 99.3 Å². The van der Waals surface area contributed by atoms with Crippen molar-refractivity contribution >= 4 is 28.4 Å². The van der Waals surface area contributed by atoms with E-state index in [2.05, 4.69) is 16.3 Å². The molecule has 1 aromatic heterocycles. The molecule has 0 atom stereocenters. The van der Waals surface area contributed by atoms with E-state index >= 15 is 0 Å². The summed E-state index contributed by atoms with van der Waals surface area (Å²) in [7, 11) is 4.04. The van der Waals surface area contributed by atoms with Gasteiger partial charge in [-0.2, -0.15) is 0 Å². The van der Waals surface area contributed by atoms with Crippen molar-refractivity contribution in [3.63, 3.8) is 0 Å². The van der Waals surface area contributed by atoms with Crippen LogP contribution in [0, 0.1) is 0 Å². The molecule has 0 saturated heterocycles. The van der Waals surface area contributed by atoms with Gasteiger partial charge in [0.2, 0.25) is 0 Å². The maximum atomic E-state index is 5.94. The summed E-state index contributed by atoms with van der Waals surface area (Å²) in [4.78, 5) is 3.22. The van der Waals surface area contributed by atoms with Crippen molar-refractivity contribution in [3.8, 4) is 10.4 Å². The third-order valence-corrected chi connectivity index (χ3v) is 3.40.